The number of nitrogens with two attached hydrogens (primary N) is 1. The van der Waals surface area contributed by atoms with E-state index in [9.17, 15) is 4.79 Å². The Bertz CT molecular complexity index is 363. The van der Waals surface area contributed by atoms with Gasteiger partial charge in [-0.3, -0.25) is 4.79 Å². The molecule has 0 radical (unpaired) electrons. The summed E-state index contributed by atoms with van der Waals surface area (Å²) < 4.78 is 0. The van der Waals surface area contributed by atoms with Crippen molar-refractivity contribution in [3.05, 3.63) is 35.9 Å². The van der Waals surface area contributed by atoms with E-state index in [1.807, 2.05) is 49.1 Å². The van der Waals surface area contributed by atoms with Crippen molar-refractivity contribution in [2.75, 3.05) is 0 Å². The number of likely N-dealkylation sites (tertiary alicyclic amines) is 1. The fourth-order valence-electron chi connectivity index (χ4n) is 2.11. The third kappa shape index (κ3) is 1.53. The highest BCUT2D eigenvalue weighted by Gasteiger charge is 2.44. The second-order valence-corrected chi connectivity index (χ2v) is 4.10. The summed E-state index contributed by atoms with van der Waals surface area (Å²) in [5.74, 6) is 0.0545. The summed E-state index contributed by atoms with van der Waals surface area (Å²) in [7, 11) is 0. The van der Waals surface area contributed by atoms with Crippen molar-refractivity contribution in [1.29, 1.82) is 0 Å². The maximum Gasteiger partial charge on any atom is 0.242 e. The Morgan fingerprint density at radius 3 is 2.47 bits per heavy atom. The molecule has 1 heterocycles. The third-order valence-corrected chi connectivity index (χ3v) is 3.20. The van der Waals surface area contributed by atoms with Crippen molar-refractivity contribution in [3.8, 4) is 0 Å². The normalized spacial score (nSPS) is 27.4. The zero-order valence-electron chi connectivity index (χ0n) is 9.05. The summed E-state index contributed by atoms with van der Waals surface area (Å²) in [5.41, 5.74) is 6.84. The van der Waals surface area contributed by atoms with Gasteiger partial charge < -0.3 is 10.6 Å². The maximum atomic E-state index is 11.6. The lowest BCUT2D eigenvalue weighted by Crippen LogP contribution is -2.67. The molecule has 3 nitrogen and oxygen atoms in total. The highest BCUT2D eigenvalue weighted by Crippen LogP contribution is 2.30. The smallest absolute Gasteiger partial charge is 0.242 e. The van der Waals surface area contributed by atoms with Gasteiger partial charge in [0, 0.05) is 0 Å². The Balaban J connectivity index is 2.16. The number of carbonyl (C=O) groups is 1. The van der Waals surface area contributed by atoms with Crippen LogP contribution in [-0.4, -0.2) is 22.9 Å². The van der Waals surface area contributed by atoms with E-state index >= 15 is 0 Å². The second kappa shape index (κ2) is 3.66. The van der Waals surface area contributed by atoms with Crippen LogP contribution in [0, 0.1) is 0 Å². The summed E-state index contributed by atoms with van der Waals surface area (Å²) in [6.07, 6.45) is 0. The standard InChI is InChI=1S/C12H16N2O/c1-8(10-6-4-3-5-7-10)14-9(2)11(13)12(14)15/h3-9,11H,13H2,1-2H3/t8-,9-,11-/m1/s1. The highest BCUT2D eigenvalue weighted by atomic mass is 16.2. The number of rotatable bonds is 2. The summed E-state index contributed by atoms with van der Waals surface area (Å²) in [5, 5.41) is 0. The van der Waals surface area contributed by atoms with Gasteiger partial charge in [0.1, 0.15) is 6.04 Å². The quantitative estimate of drug-likeness (QED) is 0.738. The van der Waals surface area contributed by atoms with Crippen molar-refractivity contribution in [1.82, 2.24) is 4.90 Å². The lowest BCUT2D eigenvalue weighted by atomic mass is 9.93. The van der Waals surface area contributed by atoms with Crippen LogP contribution < -0.4 is 5.73 Å². The first kappa shape index (κ1) is 10.2. The monoisotopic (exact) mass is 204 g/mol. The van der Waals surface area contributed by atoms with Gasteiger partial charge in [0.05, 0.1) is 12.1 Å². The van der Waals surface area contributed by atoms with Crippen molar-refractivity contribution in [2.24, 2.45) is 5.73 Å². The molecule has 0 saturated carbocycles. The highest BCUT2D eigenvalue weighted by molar-refractivity contribution is 5.89. The maximum absolute atomic E-state index is 11.6. The summed E-state index contributed by atoms with van der Waals surface area (Å²) in [6.45, 7) is 4.03. The SMILES string of the molecule is C[C@H](c1ccccc1)N1C(=O)[C@H](N)[C@H]1C. The van der Waals surface area contributed by atoms with Crippen LogP contribution >= 0.6 is 0 Å². The molecular weight excluding hydrogens is 188 g/mol. The van der Waals surface area contributed by atoms with Crippen LogP contribution in [0.5, 0.6) is 0 Å². The van der Waals surface area contributed by atoms with Gasteiger partial charge in [-0.1, -0.05) is 30.3 Å². The summed E-state index contributed by atoms with van der Waals surface area (Å²) >= 11 is 0. The van der Waals surface area contributed by atoms with Crippen LogP contribution in [0.2, 0.25) is 0 Å². The van der Waals surface area contributed by atoms with Gasteiger partial charge >= 0.3 is 0 Å². The molecule has 3 atom stereocenters. The van der Waals surface area contributed by atoms with Crippen molar-refractivity contribution in [3.63, 3.8) is 0 Å². The van der Waals surface area contributed by atoms with Crippen LogP contribution in [0.15, 0.2) is 30.3 Å². The van der Waals surface area contributed by atoms with Gasteiger partial charge in [-0.2, -0.15) is 0 Å². The average Bonchev–Trinajstić information content (AvgIpc) is 2.30. The molecule has 0 unspecified atom stereocenters. The Morgan fingerprint density at radius 2 is 1.93 bits per heavy atom. The minimum absolute atomic E-state index is 0.0545. The van der Waals surface area contributed by atoms with E-state index < -0.39 is 0 Å². The van der Waals surface area contributed by atoms with Crippen molar-refractivity contribution in [2.45, 2.75) is 32.0 Å². The zero-order valence-corrected chi connectivity index (χ0v) is 9.05. The topological polar surface area (TPSA) is 46.3 Å². The van der Waals surface area contributed by atoms with Crippen LogP contribution in [0.3, 0.4) is 0 Å². The molecule has 0 aliphatic carbocycles. The zero-order chi connectivity index (χ0) is 11.0. The number of benzene rings is 1. The molecule has 1 amide bonds. The fraction of sp³-hybridized carbons (Fsp3) is 0.417. The van der Waals surface area contributed by atoms with E-state index in [0.717, 1.165) is 5.56 Å². The molecule has 2 rings (SSSR count). The molecule has 1 aliphatic rings. The molecule has 80 valence electrons. The van der Waals surface area contributed by atoms with Crippen LogP contribution in [0.25, 0.3) is 0 Å². The fourth-order valence-corrected chi connectivity index (χ4v) is 2.11. The van der Waals surface area contributed by atoms with Crippen LogP contribution in [0.4, 0.5) is 0 Å². The minimum atomic E-state index is -0.309. The first-order valence-corrected chi connectivity index (χ1v) is 5.25. The summed E-state index contributed by atoms with van der Waals surface area (Å²) in [4.78, 5) is 13.4. The average molecular weight is 204 g/mol. The largest absolute Gasteiger partial charge is 0.330 e. The van der Waals surface area contributed by atoms with Crippen LogP contribution in [-0.2, 0) is 4.79 Å². The van der Waals surface area contributed by atoms with Gasteiger partial charge in [-0.15, -0.1) is 0 Å². The second-order valence-electron chi connectivity index (χ2n) is 4.10. The molecule has 1 aliphatic heterocycles. The molecule has 2 N–H and O–H groups in total. The predicted octanol–water partition coefficient (Wildman–Crippen LogP) is 1.31. The number of β-lactam (4-membered cyclic amide) rings is 1. The summed E-state index contributed by atoms with van der Waals surface area (Å²) in [6, 6.07) is 9.98. The Morgan fingerprint density at radius 1 is 1.33 bits per heavy atom. The van der Waals surface area contributed by atoms with E-state index in [-0.39, 0.29) is 24.0 Å². The Labute approximate surface area is 89.9 Å². The predicted molar refractivity (Wildman–Crippen MR) is 59.1 cm³/mol. The minimum Gasteiger partial charge on any atom is -0.330 e. The van der Waals surface area contributed by atoms with E-state index in [1.165, 1.54) is 0 Å². The molecule has 1 aromatic rings. The molecule has 3 heteroatoms. The molecule has 0 bridgehead atoms. The third-order valence-electron chi connectivity index (χ3n) is 3.20. The molecule has 1 aromatic carbocycles. The van der Waals surface area contributed by atoms with Crippen molar-refractivity contribution >= 4 is 5.91 Å². The molecular formula is C12H16N2O. The van der Waals surface area contributed by atoms with Gasteiger partial charge in [-0.05, 0) is 19.4 Å². The van der Waals surface area contributed by atoms with Gasteiger partial charge in [0.25, 0.3) is 0 Å². The lowest BCUT2D eigenvalue weighted by Gasteiger charge is -2.47. The number of nitrogens with zero attached hydrogens (tertiary/aromatic N) is 1. The Hall–Kier alpha value is -1.35. The van der Waals surface area contributed by atoms with E-state index in [2.05, 4.69) is 0 Å². The molecule has 0 aromatic heterocycles. The van der Waals surface area contributed by atoms with Crippen molar-refractivity contribution < 1.29 is 4.79 Å². The number of amides is 1. The molecule has 15 heavy (non-hydrogen) atoms. The van der Waals surface area contributed by atoms with E-state index in [1.54, 1.807) is 0 Å². The van der Waals surface area contributed by atoms with Gasteiger partial charge in [-0.25, -0.2) is 0 Å². The molecule has 1 saturated heterocycles. The number of hydrogen-bond acceptors (Lipinski definition) is 2. The van der Waals surface area contributed by atoms with Crippen LogP contribution in [0.1, 0.15) is 25.5 Å². The lowest BCUT2D eigenvalue weighted by molar-refractivity contribution is -0.151. The first-order chi connectivity index (χ1) is 7.13. The molecule has 0 spiro atoms. The first-order valence-electron chi connectivity index (χ1n) is 5.25. The van der Waals surface area contributed by atoms with Gasteiger partial charge in [0.15, 0.2) is 0 Å². The number of carbonyl (C=O) groups excluding carboxylic acids is 1. The van der Waals surface area contributed by atoms with Gasteiger partial charge in [0.2, 0.25) is 5.91 Å². The number of hydrogen-bond donors (Lipinski definition) is 1. The van der Waals surface area contributed by atoms with E-state index in [0.29, 0.717) is 0 Å². The van der Waals surface area contributed by atoms with E-state index in [4.69, 9.17) is 5.73 Å². The molecule has 1 fully saturated rings. The Kier molecular flexibility index (Phi) is 2.49.